The predicted molar refractivity (Wildman–Crippen MR) is 79.5 cm³/mol. The molecule has 3 N–H and O–H groups in total. The van der Waals surface area contributed by atoms with Crippen LogP contribution in [0.25, 0.3) is 10.9 Å². The van der Waals surface area contributed by atoms with Gasteiger partial charge >= 0.3 is 0 Å². The fraction of sp³-hybridized carbons (Fsp3) is 0.400. The van der Waals surface area contributed by atoms with Crippen LogP contribution in [0.5, 0.6) is 5.75 Å². The van der Waals surface area contributed by atoms with Gasteiger partial charge in [-0.2, -0.15) is 0 Å². The third-order valence-electron chi connectivity index (χ3n) is 3.23. The van der Waals surface area contributed by atoms with E-state index in [2.05, 4.69) is 24.4 Å². The lowest BCUT2D eigenvalue weighted by Gasteiger charge is -2.07. The zero-order valence-electron chi connectivity index (χ0n) is 12.2. The van der Waals surface area contributed by atoms with Crippen molar-refractivity contribution in [3.05, 3.63) is 30.0 Å². The van der Waals surface area contributed by atoms with E-state index in [1.165, 1.54) is 4.90 Å². The maximum absolute atomic E-state index is 12.1. The molecule has 0 saturated carbocycles. The van der Waals surface area contributed by atoms with Crippen LogP contribution in [0, 0.1) is 0 Å². The molecule has 0 bridgehead atoms. The minimum absolute atomic E-state index is 0.0722. The second kappa shape index (κ2) is 6.43. The number of fused-ring (bicyclic) bond motifs is 1. The maximum atomic E-state index is 12.1. The summed E-state index contributed by atoms with van der Waals surface area (Å²) in [6.45, 7) is 1.73. The van der Waals surface area contributed by atoms with Crippen LogP contribution in [0.15, 0.2) is 24.3 Å². The number of H-pyrrole nitrogens is 1. The molecule has 1 heterocycles. The van der Waals surface area contributed by atoms with Crippen molar-refractivity contribution in [3.63, 3.8) is 0 Å². The number of quaternary nitrogens is 1. The van der Waals surface area contributed by atoms with E-state index < -0.39 is 0 Å². The molecule has 0 spiro atoms. The Bertz CT molecular complexity index is 590. The number of rotatable bonds is 6. The van der Waals surface area contributed by atoms with Gasteiger partial charge in [0.2, 0.25) is 0 Å². The molecule has 0 atom stereocenters. The molecule has 1 aromatic heterocycles. The van der Waals surface area contributed by atoms with E-state index in [9.17, 15) is 4.79 Å². The molecule has 20 heavy (non-hydrogen) atoms. The zero-order chi connectivity index (χ0) is 14.5. The molecule has 1 amide bonds. The third kappa shape index (κ3) is 3.30. The quantitative estimate of drug-likeness (QED) is 0.671. The fourth-order valence-electron chi connectivity index (χ4n) is 2.17. The number of carbonyl (C=O) groups excluding carboxylic acids is 1. The van der Waals surface area contributed by atoms with Crippen LogP contribution in [-0.2, 0) is 0 Å². The van der Waals surface area contributed by atoms with Crippen LogP contribution in [0.1, 0.15) is 16.9 Å². The molecule has 0 fully saturated rings. The lowest BCUT2D eigenvalue weighted by molar-refractivity contribution is -0.858. The number of ether oxygens (including phenoxy) is 1. The lowest BCUT2D eigenvalue weighted by atomic mass is 10.2. The van der Waals surface area contributed by atoms with Gasteiger partial charge < -0.3 is 19.9 Å². The van der Waals surface area contributed by atoms with E-state index in [4.69, 9.17) is 4.74 Å². The standard InChI is InChI=1S/C15H21N3O2/c1-18(2)9-5-8-16-15(19)13-10-11-12(17-13)6-4-7-14(11)20-3/h4,6-7,10,17H,5,8-9H2,1-3H3,(H,16,19)/p+1. The summed E-state index contributed by atoms with van der Waals surface area (Å²) in [5.41, 5.74) is 1.48. The van der Waals surface area contributed by atoms with Gasteiger partial charge in [0.1, 0.15) is 11.4 Å². The average molecular weight is 276 g/mol. The number of carbonyl (C=O) groups is 1. The van der Waals surface area contributed by atoms with Crippen LogP contribution in [-0.4, -0.2) is 45.2 Å². The first-order valence-corrected chi connectivity index (χ1v) is 6.84. The molecular formula is C15H22N3O2+. The fourth-order valence-corrected chi connectivity index (χ4v) is 2.17. The topological polar surface area (TPSA) is 58.6 Å². The smallest absolute Gasteiger partial charge is 0.267 e. The molecular weight excluding hydrogens is 254 g/mol. The van der Waals surface area contributed by atoms with E-state index in [-0.39, 0.29) is 5.91 Å². The minimum Gasteiger partial charge on any atom is -0.496 e. The molecule has 108 valence electrons. The molecule has 0 aliphatic rings. The van der Waals surface area contributed by atoms with E-state index in [0.29, 0.717) is 12.2 Å². The van der Waals surface area contributed by atoms with Crippen molar-refractivity contribution in [2.24, 2.45) is 0 Å². The summed E-state index contributed by atoms with van der Waals surface area (Å²) in [7, 11) is 5.84. The number of benzene rings is 1. The monoisotopic (exact) mass is 276 g/mol. The van der Waals surface area contributed by atoms with Gasteiger partial charge in [0.15, 0.2) is 0 Å². The molecule has 2 aromatic rings. The highest BCUT2D eigenvalue weighted by Gasteiger charge is 2.11. The Labute approximate surface area is 118 Å². The Morgan fingerprint density at radius 2 is 2.20 bits per heavy atom. The van der Waals surface area contributed by atoms with Crippen molar-refractivity contribution < 1.29 is 14.4 Å². The minimum atomic E-state index is -0.0722. The highest BCUT2D eigenvalue weighted by atomic mass is 16.5. The van der Waals surface area contributed by atoms with Gasteiger partial charge in [-0.25, -0.2) is 0 Å². The lowest BCUT2D eigenvalue weighted by Crippen LogP contribution is -3.05. The SMILES string of the molecule is COc1cccc2[nH]c(C(=O)NCCC[NH+](C)C)cc12. The molecule has 5 nitrogen and oxygen atoms in total. The van der Waals surface area contributed by atoms with Crippen LogP contribution in [0.4, 0.5) is 0 Å². The summed E-state index contributed by atoms with van der Waals surface area (Å²) < 4.78 is 5.29. The molecule has 0 aliphatic carbocycles. The van der Waals surface area contributed by atoms with Gasteiger partial charge in [-0.15, -0.1) is 0 Å². The van der Waals surface area contributed by atoms with Crippen molar-refractivity contribution >= 4 is 16.8 Å². The first-order chi connectivity index (χ1) is 9.61. The van der Waals surface area contributed by atoms with Crippen LogP contribution < -0.4 is 15.0 Å². The van der Waals surface area contributed by atoms with Gasteiger partial charge in [0.25, 0.3) is 5.91 Å². The van der Waals surface area contributed by atoms with Gasteiger partial charge in [-0.05, 0) is 18.2 Å². The molecule has 5 heteroatoms. The number of hydrogen-bond donors (Lipinski definition) is 3. The summed E-state index contributed by atoms with van der Waals surface area (Å²) in [5, 5.41) is 3.86. The molecule has 0 radical (unpaired) electrons. The van der Waals surface area contributed by atoms with Crippen molar-refractivity contribution in [2.45, 2.75) is 6.42 Å². The Balaban J connectivity index is 2.03. The molecule has 0 unspecified atom stereocenters. The first kappa shape index (κ1) is 14.4. The van der Waals surface area contributed by atoms with Gasteiger partial charge in [-0.3, -0.25) is 4.79 Å². The Kier molecular flexibility index (Phi) is 4.63. The highest BCUT2D eigenvalue weighted by molar-refractivity contribution is 5.99. The van der Waals surface area contributed by atoms with Crippen molar-refractivity contribution in [1.82, 2.24) is 10.3 Å². The van der Waals surface area contributed by atoms with E-state index in [1.807, 2.05) is 24.3 Å². The first-order valence-electron chi connectivity index (χ1n) is 6.84. The maximum Gasteiger partial charge on any atom is 0.267 e. The van der Waals surface area contributed by atoms with E-state index in [1.54, 1.807) is 7.11 Å². The van der Waals surface area contributed by atoms with Crippen molar-refractivity contribution in [1.29, 1.82) is 0 Å². The third-order valence-corrected chi connectivity index (χ3v) is 3.23. The summed E-state index contributed by atoms with van der Waals surface area (Å²) in [6.07, 6.45) is 0.970. The summed E-state index contributed by atoms with van der Waals surface area (Å²) in [6, 6.07) is 7.56. The number of hydrogen-bond acceptors (Lipinski definition) is 2. The number of amides is 1. The number of aromatic amines is 1. The second-order valence-corrected chi connectivity index (χ2v) is 5.17. The largest absolute Gasteiger partial charge is 0.496 e. The normalized spacial score (nSPS) is 11.0. The Morgan fingerprint density at radius 3 is 2.90 bits per heavy atom. The number of methoxy groups -OCH3 is 1. The second-order valence-electron chi connectivity index (χ2n) is 5.17. The molecule has 0 aliphatic heterocycles. The summed E-state index contributed by atoms with van der Waals surface area (Å²) in [5.74, 6) is 0.700. The summed E-state index contributed by atoms with van der Waals surface area (Å²) in [4.78, 5) is 16.6. The Morgan fingerprint density at radius 1 is 1.40 bits per heavy atom. The van der Waals surface area contributed by atoms with Crippen molar-refractivity contribution in [2.75, 3.05) is 34.3 Å². The van der Waals surface area contributed by atoms with Crippen molar-refractivity contribution in [3.8, 4) is 5.75 Å². The number of nitrogens with one attached hydrogen (secondary N) is 3. The van der Waals surface area contributed by atoms with Gasteiger partial charge in [0.05, 0.1) is 27.7 Å². The summed E-state index contributed by atoms with van der Waals surface area (Å²) >= 11 is 0. The molecule has 2 rings (SSSR count). The predicted octanol–water partition coefficient (Wildman–Crippen LogP) is 0.441. The van der Waals surface area contributed by atoms with E-state index in [0.717, 1.165) is 29.6 Å². The zero-order valence-corrected chi connectivity index (χ0v) is 12.2. The van der Waals surface area contributed by atoms with Gasteiger partial charge in [-0.1, -0.05) is 6.07 Å². The number of aromatic nitrogens is 1. The van der Waals surface area contributed by atoms with Crippen LogP contribution >= 0.6 is 0 Å². The Hall–Kier alpha value is -2.01. The molecule has 1 aromatic carbocycles. The average Bonchev–Trinajstić information content (AvgIpc) is 2.87. The highest BCUT2D eigenvalue weighted by Crippen LogP contribution is 2.25. The molecule has 0 saturated heterocycles. The van der Waals surface area contributed by atoms with Crippen LogP contribution in [0.3, 0.4) is 0 Å². The van der Waals surface area contributed by atoms with E-state index >= 15 is 0 Å². The van der Waals surface area contributed by atoms with Crippen LogP contribution in [0.2, 0.25) is 0 Å². The van der Waals surface area contributed by atoms with Gasteiger partial charge in [0, 0.05) is 23.9 Å².